The molecule has 0 aliphatic carbocycles. The first kappa shape index (κ1) is 11.0. The molecule has 1 aliphatic rings. The van der Waals surface area contributed by atoms with E-state index in [1.165, 1.54) is 6.07 Å². The molecule has 1 fully saturated rings. The Morgan fingerprint density at radius 3 is 3.00 bits per heavy atom. The van der Waals surface area contributed by atoms with Crippen LogP contribution in [-0.2, 0) is 4.74 Å². The van der Waals surface area contributed by atoms with Gasteiger partial charge in [0.05, 0.1) is 12.7 Å². The Morgan fingerprint density at radius 2 is 2.33 bits per heavy atom. The summed E-state index contributed by atoms with van der Waals surface area (Å²) in [7, 11) is 2.02. The molecule has 4 heteroatoms. The lowest BCUT2D eigenvalue weighted by Gasteiger charge is -2.30. The van der Waals surface area contributed by atoms with Crippen molar-refractivity contribution in [2.75, 3.05) is 26.7 Å². The number of hydrogen-bond donors (Lipinski definition) is 0. The molecular formula is C11H13BrFNO. The molecule has 0 saturated carbocycles. The number of hydrogen-bond acceptors (Lipinski definition) is 2. The molecule has 0 N–H and O–H groups in total. The maximum absolute atomic E-state index is 13.6. The van der Waals surface area contributed by atoms with Gasteiger partial charge in [0.15, 0.2) is 0 Å². The summed E-state index contributed by atoms with van der Waals surface area (Å²) in [6.45, 7) is 2.32. The van der Waals surface area contributed by atoms with Crippen molar-refractivity contribution >= 4 is 15.9 Å². The minimum atomic E-state index is -0.204. The van der Waals surface area contributed by atoms with Crippen LogP contribution in [0, 0.1) is 5.82 Å². The predicted molar refractivity (Wildman–Crippen MR) is 60.3 cm³/mol. The smallest absolute Gasteiger partial charge is 0.130 e. The third kappa shape index (κ3) is 2.56. The fourth-order valence-corrected chi connectivity index (χ4v) is 2.06. The highest BCUT2D eigenvalue weighted by Crippen LogP contribution is 2.26. The molecule has 1 aliphatic heterocycles. The number of benzene rings is 1. The van der Waals surface area contributed by atoms with Crippen molar-refractivity contribution in [3.05, 3.63) is 34.1 Å². The number of morpholine rings is 1. The Hall–Kier alpha value is -0.450. The van der Waals surface area contributed by atoms with Crippen LogP contribution in [0.25, 0.3) is 0 Å². The van der Waals surface area contributed by atoms with E-state index in [0.29, 0.717) is 12.2 Å². The number of likely N-dealkylation sites (N-methyl/N-ethyl adjacent to an activating group) is 1. The van der Waals surface area contributed by atoms with Gasteiger partial charge in [0.1, 0.15) is 5.82 Å². The Bertz CT molecular complexity index is 358. The Labute approximate surface area is 97.2 Å². The van der Waals surface area contributed by atoms with Gasteiger partial charge in [0.2, 0.25) is 0 Å². The van der Waals surface area contributed by atoms with Gasteiger partial charge < -0.3 is 9.64 Å². The summed E-state index contributed by atoms with van der Waals surface area (Å²) in [4.78, 5) is 2.15. The van der Waals surface area contributed by atoms with E-state index >= 15 is 0 Å². The highest BCUT2D eigenvalue weighted by atomic mass is 79.9. The third-order valence-corrected chi connectivity index (χ3v) is 3.07. The molecule has 1 heterocycles. The first-order valence-electron chi connectivity index (χ1n) is 4.92. The summed E-state index contributed by atoms with van der Waals surface area (Å²) in [6, 6.07) is 5.10. The highest BCUT2D eigenvalue weighted by molar-refractivity contribution is 9.10. The van der Waals surface area contributed by atoms with Crippen LogP contribution in [-0.4, -0.2) is 31.6 Å². The van der Waals surface area contributed by atoms with E-state index in [9.17, 15) is 4.39 Å². The molecule has 0 aromatic heterocycles. The van der Waals surface area contributed by atoms with E-state index in [1.54, 1.807) is 6.07 Å². The predicted octanol–water partition coefficient (Wildman–Crippen LogP) is 2.59. The Balaban J connectivity index is 2.21. The van der Waals surface area contributed by atoms with E-state index in [0.717, 1.165) is 17.6 Å². The molecule has 82 valence electrons. The Morgan fingerprint density at radius 1 is 1.53 bits per heavy atom. The van der Waals surface area contributed by atoms with Gasteiger partial charge in [-0.1, -0.05) is 22.0 Å². The molecule has 2 rings (SSSR count). The lowest BCUT2D eigenvalue weighted by atomic mass is 10.1. The number of halogens is 2. The van der Waals surface area contributed by atoms with Crippen molar-refractivity contribution in [1.29, 1.82) is 0 Å². The largest absolute Gasteiger partial charge is 0.371 e. The van der Waals surface area contributed by atoms with Gasteiger partial charge >= 0.3 is 0 Å². The van der Waals surface area contributed by atoms with Crippen LogP contribution in [0.2, 0.25) is 0 Å². The fourth-order valence-electron chi connectivity index (χ4n) is 1.73. The normalized spacial score (nSPS) is 23.0. The summed E-state index contributed by atoms with van der Waals surface area (Å²) in [5.74, 6) is -0.204. The SMILES string of the molecule is CN1CCOC(c2ccc(Br)cc2F)C1. The van der Waals surface area contributed by atoms with Crippen molar-refractivity contribution in [2.45, 2.75) is 6.10 Å². The van der Waals surface area contributed by atoms with Crippen LogP contribution in [0.15, 0.2) is 22.7 Å². The van der Waals surface area contributed by atoms with Crippen LogP contribution >= 0.6 is 15.9 Å². The van der Waals surface area contributed by atoms with Gasteiger partial charge in [-0.25, -0.2) is 4.39 Å². The molecule has 0 amide bonds. The molecule has 15 heavy (non-hydrogen) atoms. The fraction of sp³-hybridized carbons (Fsp3) is 0.455. The maximum atomic E-state index is 13.6. The number of ether oxygens (including phenoxy) is 1. The van der Waals surface area contributed by atoms with Gasteiger partial charge in [-0.05, 0) is 19.2 Å². The van der Waals surface area contributed by atoms with Gasteiger partial charge in [-0.2, -0.15) is 0 Å². The van der Waals surface area contributed by atoms with Crippen LogP contribution in [0.5, 0.6) is 0 Å². The molecule has 1 aromatic rings. The molecule has 1 atom stereocenters. The highest BCUT2D eigenvalue weighted by Gasteiger charge is 2.22. The van der Waals surface area contributed by atoms with Crippen LogP contribution in [0.3, 0.4) is 0 Å². The average molecular weight is 274 g/mol. The minimum Gasteiger partial charge on any atom is -0.371 e. The van der Waals surface area contributed by atoms with Crippen LogP contribution in [0.1, 0.15) is 11.7 Å². The second-order valence-electron chi connectivity index (χ2n) is 3.79. The first-order valence-corrected chi connectivity index (χ1v) is 5.71. The molecule has 1 aromatic carbocycles. The van der Waals surface area contributed by atoms with Crippen LogP contribution < -0.4 is 0 Å². The summed E-state index contributed by atoms with van der Waals surface area (Å²) in [6.07, 6.45) is -0.142. The zero-order valence-electron chi connectivity index (χ0n) is 8.54. The van der Waals surface area contributed by atoms with E-state index in [2.05, 4.69) is 20.8 Å². The van der Waals surface area contributed by atoms with Crippen molar-refractivity contribution in [2.24, 2.45) is 0 Å². The topological polar surface area (TPSA) is 12.5 Å². The molecule has 0 spiro atoms. The summed E-state index contributed by atoms with van der Waals surface area (Å²) in [5.41, 5.74) is 0.643. The monoisotopic (exact) mass is 273 g/mol. The van der Waals surface area contributed by atoms with E-state index in [4.69, 9.17) is 4.74 Å². The van der Waals surface area contributed by atoms with Gasteiger partial charge in [-0.15, -0.1) is 0 Å². The van der Waals surface area contributed by atoms with Crippen LogP contribution in [0.4, 0.5) is 4.39 Å². The summed E-state index contributed by atoms with van der Waals surface area (Å²) < 4.78 is 19.9. The van der Waals surface area contributed by atoms with Crippen molar-refractivity contribution in [3.8, 4) is 0 Å². The number of nitrogens with zero attached hydrogens (tertiary/aromatic N) is 1. The van der Waals surface area contributed by atoms with E-state index in [-0.39, 0.29) is 11.9 Å². The van der Waals surface area contributed by atoms with Gasteiger partial charge in [-0.3, -0.25) is 0 Å². The van der Waals surface area contributed by atoms with Crippen molar-refractivity contribution < 1.29 is 9.13 Å². The lowest BCUT2D eigenvalue weighted by molar-refractivity contribution is -0.0225. The van der Waals surface area contributed by atoms with E-state index in [1.807, 2.05) is 13.1 Å². The Kier molecular flexibility index (Phi) is 3.38. The summed E-state index contributed by atoms with van der Waals surface area (Å²) in [5, 5.41) is 0. The lowest BCUT2D eigenvalue weighted by Crippen LogP contribution is -2.35. The summed E-state index contributed by atoms with van der Waals surface area (Å²) >= 11 is 3.24. The molecule has 0 radical (unpaired) electrons. The zero-order valence-corrected chi connectivity index (χ0v) is 10.1. The molecule has 0 bridgehead atoms. The molecular weight excluding hydrogens is 261 g/mol. The van der Waals surface area contributed by atoms with Crippen molar-refractivity contribution in [1.82, 2.24) is 4.90 Å². The average Bonchev–Trinajstić information content (AvgIpc) is 2.17. The maximum Gasteiger partial charge on any atom is 0.130 e. The standard InChI is InChI=1S/C11H13BrFNO/c1-14-4-5-15-11(7-14)9-3-2-8(12)6-10(9)13/h2-3,6,11H,4-5,7H2,1H3. The zero-order chi connectivity index (χ0) is 10.8. The second-order valence-corrected chi connectivity index (χ2v) is 4.70. The second kappa shape index (κ2) is 4.60. The van der Waals surface area contributed by atoms with Crippen molar-refractivity contribution in [3.63, 3.8) is 0 Å². The molecule has 1 saturated heterocycles. The van der Waals surface area contributed by atoms with Gasteiger partial charge in [0.25, 0.3) is 0 Å². The van der Waals surface area contributed by atoms with Gasteiger partial charge in [0, 0.05) is 23.1 Å². The molecule has 2 nitrogen and oxygen atoms in total. The number of rotatable bonds is 1. The third-order valence-electron chi connectivity index (χ3n) is 2.58. The quantitative estimate of drug-likeness (QED) is 0.780. The van der Waals surface area contributed by atoms with E-state index < -0.39 is 0 Å². The first-order chi connectivity index (χ1) is 7.16. The minimum absolute atomic E-state index is 0.142. The molecule has 1 unspecified atom stereocenters.